The van der Waals surface area contributed by atoms with Crippen molar-refractivity contribution in [2.24, 2.45) is 0 Å². The van der Waals surface area contributed by atoms with Gasteiger partial charge in [-0.3, -0.25) is 0 Å². The highest BCUT2D eigenvalue weighted by Crippen LogP contribution is 2.26. The molecule has 0 aromatic heterocycles. The molecule has 0 radical (unpaired) electrons. The van der Waals surface area contributed by atoms with Crippen LogP contribution >= 0.6 is 15.9 Å². The molecule has 0 amide bonds. The van der Waals surface area contributed by atoms with Crippen LogP contribution in [-0.4, -0.2) is 42.6 Å². The van der Waals surface area contributed by atoms with Crippen molar-refractivity contribution in [1.82, 2.24) is 0 Å². The van der Waals surface area contributed by atoms with E-state index in [1.807, 2.05) is 18.2 Å². The first-order valence-corrected chi connectivity index (χ1v) is 6.40. The Morgan fingerprint density at radius 2 is 2.24 bits per heavy atom. The lowest BCUT2D eigenvalue weighted by Gasteiger charge is -2.34. The Morgan fingerprint density at radius 1 is 1.41 bits per heavy atom. The summed E-state index contributed by atoms with van der Waals surface area (Å²) in [5.74, 6) is 0. The Bertz CT molecular complexity index is 386. The van der Waals surface area contributed by atoms with Crippen LogP contribution in [0.2, 0.25) is 0 Å². The molecular weight excluding hydrogens is 286 g/mol. The molecule has 0 aliphatic carbocycles. The van der Waals surface area contributed by atoms with Gasteiger partial charge in [0.2, 0.25) is 0 Å². The maximum absolute atomic E-state index is 9.37. The van der Waals surface area contributed by atoms with E-state index >= 15 is 0 Å². The number of aliphatic hydroxyl groups is 2. The zero-order valence-corrected chi connectivity index (χ0v) is 11.1. The summed E-state index contributed by atoms with van der Waals surface area (Å²) >= 11 is 3.39. The largest absolute Gasteiger partial charge is 0.394 e. The summed E-state index contributed by atoms with van der Waals surface area (Å²) in [5.41, 5.74) is 1.90. The van der Waals surface area contributed by atoms with Crippen molar-refractivity contribution in [2.75, 3.05) is 31.2 Å². The van der Waals surface area contributed by atoms with Gasteiger partial charge < -0.3 is 19.8 Å². The monoisotopic (exact) mass is 301 g/mol. The van der Waals surface area contributed by atoms with Crippen LogP contribution in [0.3, 0.4) is 0 Å². The molecule has 1 aromatic rings. The van der Waals surface area contributed by atoms with Gasteiger partial charge in [0.1, 0.15) is 0 Å². The van der Waals surface area contributed by atoms with Gasteiger partial charge in [0, 0.05) is 28.8 Å². The minimum absolute atomic E-state index is 0.00984. The summed E-state index contributed by atoms with van der Waals surface area (Å²) in [4.78, 5) is 2.14. The predicted octanol–water partition coefficient (Wildman–Crippen LogP) is 1.14. The molecule has 0 saturated carbocycles. The lowest BCUT2D eigenvalue weighted by molar-refractivity contribution is 0.00348. The smallest absolute Gasteiger partial charge is 0.0980 e. The van der Waals surface area contributed by atoms with Gasteiger partial charge in [0.25, 0.3) is 0 Å². The van der Waals surface area contributed by atoms with E-state index in [4.69, 9.17) is 9.84 Å². The molecule has 94 valence electrons. The van der Waals surface area contributed by atoms with E-state index in [0.717, 1.165) is 22.3 Å². The van der Waals surface area contributed by atoms with E-state index in [0.29, 0.717) is 13.2 Å². The van der Waals surface area contributed by atoms with Crippen LogP contribution in [0.15, 0.2) is 22.7 Å². The Balaban J connectivity index is 2.20. The average Bonchev–Trinajstić information content (AvgIpc) is 2.38. The molecule has 1 heterocycles. The number of halogens is 1. The van der Waals surface area contributed by atoms with Gasteiger partial charge in [0.15, 0.2) is 0 Å². The SMILES string of the molecule is OCc1cc(Br)ccc1N1CCOC(CO)C1. The van der Waals surface area contributed by atoms with E-state index in [9.17, 15) is 5.11 Å². The minimum Gasteiger partial charge on any atom is -0.394 e. The Morgan fingerprint density at radius 3 is 2.94 bits per heavy atom. The van der Waals surface area contributed by atoms with Crippen molar-refractivity contribution in [1.29, 1.82) is 0 Å². The van der Waals surface area contributed by atoms with Crippen LogP contribution in [0, 0.1) is 0 Å². The molecule has 1 aliphatic rings. The number of morpholine rings is 1. The number of anilines is 1. The maximum atomic E-state index is 9.37. The number of ether oxygens (including phenoxy) is 1. The van der Waals surface area contributed by atoms with E-state index in [-0.39, 0.29) is 19.3 Å². The molecule has 2 N–H and O–H groups in total. The summed E-state index contributed by atoms with van der Waals surface area (Å²) in [6.07, 6.45) is -0.140. The van der Waals surface area contributed by atoms with Crippen LogP contribution < -0.4 is 4.90 Å². The topological polar surface area (TPSA) is 52.9 Å². The lowest BCUT2D eigenvalue weighted by Crippen LogP contribution is -2.44. The first-order valence-electron chi connectivity index (χ1n) is 5.61. The van der Waals surface area contributed by atoms with Gasteiger partial charge >= 0.3 is 0 Å². The van der Waals surface area contributed by atoms with Gasteiger partial charge in [-0.15, -0.1) is 0 Å². The number of aliphatic hydroxyl groups excluding tert-OH is 2. The third kappa shape index (κ3) is 2.98. The van der Waals surface area contributed by atoms with Crippen LogP contribution in [0.4, 0.5) is 5.69 Å². The van der Waals surface area contributed by atoms with Crippen LogP contribution in [-0.2, 0) is 11.3 Å². The van der Waals surface area contributed by atoms with Gasteiger partial charge in [-0.25, -0.2) is 0 Å². The normalized spacial score (nSPS) is 20.6. The molecule has 0 spiro atoms. The minimum atomic E-state index is -0.140. The molecule has 4 nitrogen and oxygen atoms in total. The molecule has 17 heavy (non-hydrogen) atoms. The fraction of sp³-hybridized carbons (Fsp3) is 0.500. The number of hydrogen-bond donors (Lipinski definition) is 2. The van der Waals surface area contributed by atoms with Crippen LogP contribution in [0.25, 0.3) is 0 Å². The summed E-state index contributed by atoms with van der Waals surface area (Å²) in [6.45, 7) is 2.08. The fourth-order valence-electron chi connectivity index (χ4n) is 2.04. The summed E-state index contributed by atoms with van der Waals surface area (Å²) in [5, 5.41) is 18.5. The van der Waals surface area contributed by atoms with E-state index in [2.05, 4.69) is 20.8 Å². The molecular formula is C12H16BrNO3. The molecule has 1 unspecified atom stereocenters. The first-order chi connectivity index (χ1) is 8.24. The van der Waals surface area contributed by atoms with Crippen molar-refractivity contribution >= 4 is 21.6 Å². The lowest BCUT2D eigenvalue weighted by atomic mass is 10.1. The number of benzene rings is 1. The molecule has 1 aliphatic heterocycles. The average molecular weight is 302 g/mol. The van der Waals surface area contributed by atoms with Crippen molar-refractivity contribution < 1.29 is 14.9 Å². The van der Waals surface area contributed by atoms with Crippen molar-refractivity contribution in [3.63, 3.8) is 0 Å². The third-order valence-electron chi connectivity index (χ3n) is 2.89. The van der Waals surface area contributed by atoms with Crippen LogP contribution in [0.1, 0.15) is 5.56 Å². The zero-order chi connectivity index (χ0) is 12.3. The van der Waals surface area contributed by atoms with Crippen molar-refractivity contribution in [3.05, 3.63) is 28.2 Å². The summed E-state index contributed by atoms with van der Waals surface area (Å²) in [7, 11) is 0. The quantitative estimate of drug-likeness (QED) is 0.879. The van der Waals surface area contributed by atoms with Gasteiger partial charge in [-0.05, 0) is 18.2 Å². The molecule has 0 bridgehead atoms. The highest BCUT2D eigenvalue weighted by Gasteiger charge is 2.21. The Hall–Kier alpha value is -0.620. The highest BCUT2D eigenvalue weighted by molar-refractivity contribution is 9.10. The second-order valence-corrected chi connectivity index (χ2v) is 4.97. The third-order valence-corrected chi connectivity index (χ3v) is 3.39. The summed E-state index contributed by atoms with van der Waals surface area (Å²) < 4.78 is 6.37. The van der Waals surface area contributed by atoms with Gasteiger partial charge in [-0.1, -0.05) is 15.9 Å². The van der Waals surface area contributed by atoms with Crippen molar-refractivity contribution in [3.8, 4) is 0 Å². The van der Waals surface area contributed by atoms with Crippen molar-refractivity contribution in [2.45, 2.75) is 12.7 Å². The maximum Gasteiger partial charge on any atom is 0.0980 e. The van der Waals surface area contributed by atoms with Gasteiger partial charge in [0.05, 0.1) is 25.9 Å². The predicted molar refractivity (Wildman–Crippen MR) is 69.1 cm³/mol. The number of nitrogens with zero attached hydrogens (tertiary/aromatic N) is 1. The van der Waals surface area contributed by atoms with Crippen LogP contribution in [0.5, 0.6) is 0 Å². The summed E-state index contributed by atoms with van der Waals surface area (Å²) in [6, 6.07) is 5.85. The Kier molecular flexibility index (Phi) is 4.39. The molecule has 1 fully saturated rings. The second kappa shape index (κ2) is 5.82. The van der Waals surface area contributed by atoms with E-state index in [1.54, 1.807) is 0 Å². The van der Waals surface area contributed by atoms with Gasteiger partial charge in [-0.2, -0.15) is 0 Å². The highest BCUT2D eigenvalue weighted by atomic mass is 79.9. The Labute approximate surface area is 109 Å². The fourth-order valence-corrected chi connectivity index (χ4v) is 2.45. The zero-order valence-electron chi connectivity index (χ0n) is 9.47. The molecule has 1 saturated heterocycles. The number of hydrogen-bond acceptors (Lipinski definition) is 4. The van der Waals surface area contributed by atoms with E-state index in [1.165, 1.54) is 0 Å². The second-order valence-electron chi connectivity index (χ2n) is 4.05. The molecule has 5 heteroatoms. The van der Waals surface area contributed by atoms with E-state index < -0.39 is 0 Å². The standard InChI is InChI=1S/C12H16BrNO3/c13-10-1-2-12(9(5-10)7-15)14-3-4-17-11(6-14)8-16/h1-2,5,11,15-16H,3-4,6-8H2. The first kappa shape index (κ1) is 12.8. The number of rotatable bonds is 3. The molecule has 2 rings (SSSR count). The molecule has 1 aromatic carbocycles. The molecule has 1 atom stereocenters.